The third-order valence-corrected chi connectivity index (χ3v) is 1.93. The summed E-state index contributed by atoms with van der Waals surface area (Å²) in [5.41, 5.74) is 1.15. The Bertz CT molecular complexity index is 377. The first kappa shape index (κ1) is 12.2. The second-order valence-corrected chi connectivity index (χ2v) is 3.47. The highest BCUT2D eigenvalue weighted by Gasteiger charge is 1.97. The zero-order valence-corrected chi connectivity index (χ0v) is 9.59. The number of esters is 1. The van der Waals surface area contributed by atoms with Crippen molar-refractivity contribution in [1.82, 2.24) is 0 Å². The van der Waals surface area contributed by atoms with Crippen LogP contribution in [0.2, 0.25) is 0 Å². The van der Waals surface area contributed by atoms with Crippen LogP contribution in [0, 0.1) is 0 Å². The molecule has 16 heavy (non-hydrogen) atoms. The molecule has 0 aromatic heterocycles. The molecule has 0 fully saturated rings. The van der Waals surface area contributed by atoms with E-state index in [1.807, 2.05) is 61.6 Å². The summed E-state index contributed by atoms with van der Waals surface area (Å²) in [6, 6.07) is 10.0. The van der Waals surface area contributed by atoms with Crippen molar-refractivity contribution in [2.45, 2.75) is 20.0 Å². The first-order valence-corrected chi connectivity index (χ1v) is 5.25. The van der Waals surface area contributed by atoms with Gasteiger partial charge in [-0.3, -0.25) is 4.79 Å². The van der Waals surface area contributed by atoms with Gasteiger partial charge >= 0.3 is 5.97 Å². The van der Waals surface area contributed by atoms with Crippen molar-refractivity contribution in [3.8, 4) is 0 Å². The Labute approximate surface area is 96.2 Å². The Balaban J connectivity index is 2.42. The molecule has 0 aliphatic heterocycles. The number of carbonyl (C=O) groups excluding carboxylic acids is 1. The molecule has 1 atom stereocenters. The summed E-state index contributed by atoms with van der Waals surface area (Å²) < 4.78 is 4.94. The van der Waals surface area contributed by atoms with Crippen molar-refractivity contribution in [3.05, 3.63) is 54.1 Å². The third kappa shape index (κ3) is 5.15. The SMILES string of the molecule is CC(=O)OC(C)C=C/C=C\c1ccccc1. The van der Waals surface area contributed by atoms with E-state index in [1.54, 1.807) is 0 Å². The molecular formula is C14H16O2. The van der Waals surface area contributed by atoms with Crippen LogP contribution in [0.5, 0.6) is 0 Å². The van der Waals surface area contributed by atoms with Gasteiger partial charge in [-0.05, 0) is 18.6 Å². The minimum absolute atomic E-state index is 0.182. The molecule has 84 valence electrons. The Kier molecular flexibility index (Phi) is 5.06. The lowest BCUT2D eigenvalue weighted by Gasteiger charge is -2.04. The molecule has 0 amide bonds. The van der Waals surface area contributed by atoms with E-state index in [0.29, 0.717) is 0 Å². The molecule has 0 aliphatic rings. The van der Waals surface area contributed by atoms with Crippen molar-refractivity contribution in [1.29, 1.82) is 0 Å². The van der Waals surface area contributed by atoms with E-state index in [1.165, 1.54) is 6.92 Å². The quantitative estimate of drug-likeness (QED) is 0.570. The van der Waals surface area contributed by atoms with Crippen LogP contribution in [0.3, 0.4) is 0 Å². The molecule has 0 bridgehead atoms. The predicted octanol–water partition coefficient (Wildman–Crippen LogP) is 3.21. The van der Waals surface area contributed by atoms with Gasteiger partial charge in [-0.15, -0.1) is 0 Å². The molecule has 1 aromatic rings. The lowest BCUT2D eigenvalue weighted by molar-refractivity contribution is -0.143. The monoisotopic (exact) mass is 216 g/mol. The van der Waals surface area contributed by atoms with Crippen molar-refractivity contribution in [2.75, 3.05) is 0 Å². The fourth-order valence-electron chi connectivity index (χ4n) is 1.25. The van der Waals surface area contributed by atoms with Crippen molar-refractivity contribution in [3.63, 3.8) is 0 Å². The maximum Gasteiger partial charge on any atom is 0.303 e. The summed E-state index contributed by atoms with van der Waals surface area (Å²) in [5, 5.41) is 0. The number of rotatable bonds is 4. The van der Waals surface area contributed by atoms with E-state index >= 15 is 0 Å². The largest absolute Gasteiger partial charge is 0.459 e. The fourth-order valence-corrected chi connectivity index (χ4v) is 1.25. The number of benzene rings is 1. The van der Waals surface area contributed by atoms with Crippen LogP contribution in [-0.4, -0.2) is 12.1 Å². The van der Waals surface area contributed by atoms with Gasteiger partial charge in [-0.2, -0.15) is 0 Å². The zero-order valence-electron chi connectivity index (χ0n) is 9.59. The molecule has 0 saturated heterocycles. The Morgan fingerprint density at radius 3 is 2.56 bits per heavy atom. The van der Waals surface area contributed by atoms with Gasteiger partial charge in [0.15, 0.2) is 0 Å². The van der Waals surface area contributed by atoms with E-state index in [4.69, 9.17) is 4.74 Å². The van der Waals surface area contributed by atoms with E-state index < -0.39 is 0 Å². The van der Waals surface area contributed by atoms with Crippen LogP contribution in [0.25, 0.3) is 6.08 Å². The van der Waals surface area contributed by atoms with Gasteiger partial charge in [0.05, 0.1) is 0 Å². The number of carbonyl (C=O) groups is 1. The molecule has 0 radical (unpaired) electrons. The van der Waals surface area contributed by atoms with Crippen molar-refractivity contribution < 1.29 is 9.53 Å². The van der Waals surface area contributed by atoms with Crippen molar-refractivity contribution in [2.24, 2.45) is 0 Å². The van der Waals surface area contributed by atoms with Crippen LogP contribution in [0.1, 0.15) is 19.4 Å². The number of hydrogen-bond acceptors (Lipinski definition) is 2. The molecule has 2 heteroatoms. The fraction of sp³-hybridized carbons (Fsp3) is 0.214. The van der Waals surface area contributed by atoms with Crippen LogP contribution < -0.4 is 0 Å². The second kappa shape index (κ2) is 6.62. The van der Waals surface area contributed by atoms with Crippen LogP contribution in [0.4, 0.5) is 0 Å². The third-order valence-electron chi connectivity index (χ3n) is 1.93. The lowest BCUT2D eigenvalue weighted by atomic mass is 10.2. The van der Waals surface area contributed by atoms with Gasteiger partial charge in [0.1, 0.15) is 6.10 Å². The van der Waals surface area contributed by atoms with Gasteiger partial charge < -0.3 is 4.74 Å². The zero-order chi connectivity index (χ0) is 11.8. The maximum absolute atomic E-state index is 10.6. The molecule has 0 aliphatic carbocycles. The van der Waals surface area contributed by atoms with Gasteiger partial charge in [-0.25, -0.2) is 0 Å². The molecule has 0 N–H and O–H groups in total. The average Bonchev–Trinajstić information content (AvgIpc) is 2.25. The first-order valence-electron chi connectivity index (χ1n) is 5.25. The van der Waals surface area contributed by atoms with Crippen LogP contribution >= 0.6 is 0 Å². The molecule has 1 aromatic carbocycles. The van der Waals surface area contributed by atoms with E-state index in [2.05, 4.69) is 0 Å². The molecule has 0 saturated carbocycles. The maximum atomic E-state index is 10.6. The first-order chi connectivity index (χ1) is 7.68. The highest BCUT2D eigenvalue weighted by atomic mass is 16.5. The number of hydrogen-bond donors (Lipinski definition) is 0. The minimum atomic E-state index is -0.260. The molecule has 2 nitrogen and oxygen atoms in total. The van der Waals surface area contributed by atoms with Crippen molar-refractivity contribution >= 4 is 12.0 Å². The standard InChI is InChI=1S/C14H16O2/c1-12(16-13(2)15)8-6-7-11-14-9-4-3-5-10-14/h3-12H,1-2H3/b8-6?,11-7-. The Morgan fingerprint density at radius 2 is 1.94 bits per heavy atom. The van der Waals surface area contributed by atoms with E-state index in [0.717, 1.165) is 5.56 Å². The van der Waals surface area contributed by atoms with E-state index in [9.17, 15) is 4.79 Å². The summed E-state index contributed by atoms with van der Waals surface area (Å²) in [5.74, 6) is -0.260. The number of ether oxygens (including phenoxy) is 1. The van der Waals surface area contributed by atoms with Gasteiger partial charge in [0.2, 0.25) is 0 Å². The highest BCUT2D eigenvalue weighted by Crippen LogP contribution is 2.01. The molecule has 1 rings (SSSR count). The van der Waals surface area contributed by atoms with E-state index in [-0.39, 0.29) is 12.1 Å². The normalized spacial score (nSPS) is 13.1. The second-order valence-electron chi connectivity index (χ2n) is 3.47. The smallest absolute Gasteiger partial charge is 0.303 e. The Hall–Kier alpha value is -1.83. The van der Waals surface area contributed by atoms with Gasteiger partial charge in [-0.1, -0.05) is 48.6 Å². The summed E-state index contributed by atoms with van der Waals surface area (Å²) in [6.45, 7) is 3.23. The molecule has 1 unspecified atom stereocenters. The minimum Gasteiger partial charge on any atom is -0.459 e. The Morgan fingerprint density at radius 1 is 1.25 bits per heavy atom. The van der Waals surface area contributed by atoms with Crippen LogP contribution in [0.15, 0.2) is 48.6 Å². The van der Waals surface area contributed by atoms with Gasteiger partial charge in [0.25, 0.3) is 0 Å². The number of allylic oxidation sites excluding steroid dienone is 2. The summed E-state index contributed by atoms with van der Waals surface area (Å²) >= 11 is 0. The summed E-state index contributed by atoms with van der Waals surface area (Å²) in [7, 11) is 0. The topological polar surface area (TPSA) is 26.3 Å². The molecule has 0 spiro atoms. The summed E-state index contributed by atoms with van der Waals surface area (Å²) in [4.78, 5) is 10.6. The highest BCUT2D eigenvalue weighted by molar-refractivity contribution is 5.66. The average molecular weight is 216 g/mol. The van der Waals surface area contributed by atoms with Gasteiger partial charge in [0, 0.05) is 6.92 Å². The summed E-state index contributed by atoms with van der Waals surface area (Å²) in [6.07, 6.45) is 7.45. The molecular weight excluding hydrogens is 200 g/mol. The molecule has 0 heterocycles. The lowest BCUT2D eigenvalue weighted by Crippen LogP contribution is -2.08. The van der Waals surface area contributed by atoms with Crippen LogP contribution in [-0.2, 0) is 9.53 Å². The predicted molar refractivity (Wildman–Crippen MR) is 65.8 cm³/mol.